The quantitative estimate of drug-likeness (QED) is 0.838. The molecule has 6 heteroatoms. The number of carbonyl (C=O) groups is 1. The lowest BCUT2D eigenvalue weighted by Gasteiger charge is -2.08. The van der Waals surface area contributed by atoms with Crippen LogP contribution in [0.15, 0.2) is 23.6 Å². The lowest BCUT2D eigenvalue weighted by molar-refractivity contribution is 0.102. The summed E-state index contributed by atoms with van der Waals surface area (Å²) in [7, 11) is 0. The monoisotopic (exact) mass is 307 g/mol. The number of nitrogens with one attached hydrogen (secondary N) is 1. The van der Waals surface area contributed by atoms with Crippen LogP contribution in [0, 0.1) is 30.4 Å². The van der Waals surface area contributed by atoms with Crippen molar-refractivity contribution in [3.05, 3.63) is 51.2 Å². The molecule has 21 heavy (non-hydrogen) atoms. The number of aliphatic hydroxyl groups excluding tert-OH is 1. The number of hydrogen-bond acceptors (Lipinski definition) is 3. The Bertz CT molecular complexity index is 744. The van der Waals surface area contributed by atoms with Crippen molar-refractivity contribution in [2.24, 2.45) is 0 Å². The van der Waals surface area contributed by atoms with Crippen LogP contribution in [0.5, 0.6) is 0 Å². The van der Waals surface area contributed by atoms with Gasteiger partial charge in [0.15, 0.2) is 5.82 Å². The Morgan fingerprint density at radius 3 is 2.86 bits per heavy atom. The predicted octanol–water partition coefficient (Wildman–Crippen LogP) is 2.93. The molecular weight excluding hydrogens is 296 g/mol. The molecule has 2 aromatic rings. The predicted molar refractivity (Wildman–Crippen MR) is 77.3 cm³/mol. The van der Waals surface area contributed by atoms with Gasteiger partial charge in [-0.25, -0.2) is 8.78 Å². The first kappa shape index (κ1) is 15.2. The minimum atomic E-state index is -0.842. The number of rotatable bonds is 2. The van der Waals surface area contributed by atoms with E-state index in [1.807, 2.05) is 0 Å². The van der Waals surface area contributed by atoms with E-state index in [4.69, 9.17) is 5.11 Å². The Morgan fingerprint density at radius 2 is 2.14 bits per heavy atom. The highest BCUT2D eigenvalue weighted by molar-refractivity contribution is 7.12. The molecule has 0 fully saturated rings. The number of anilines is 1. The minimum Gasteiger partial charge on any atom is -0.384 e. The summed E-state index contributed by atoms with van der Waals surface area (Å²) in [4.78, 5) is 12.3. The van der Waals surface area contributed by atoms with E-state index < -0.39 is 23.2 Å². The first-order valence-electron chi connectivity index (χ1n) is 5.97. The molecule has 1 aromatic carbocycles. The normalized spacial score (nSPS) is 9.90. The van der Waals surface area contributed by atoms with Crippen molar-refractivity contribution in [2.45, 2.75) is 6.92 Å². The molecule has 3 nitrogen and oxygen atoms in total. The first-order chi connectivity index (χ1) is 10.0. The molecule has 1 heterocycles. The molecular formula is C15H11F2NO2S. The summed E-state index contributed by atoms with van der Waals surface area (Å²) in [5.74, 6) is 2.75. The molecule has 0 bridgehead atoms. The van der Waals surface area contributed by atoms with Crippen molar-refractivity contribution >= 4 is 22.9 Å². The molecule has 108 valence electrons. The fourth-order valence-electron chi connectivity index (χ4n) is 1.66. The maximum absolute atomic E-state index is 13.9. The third kappa shape index (κ3) is 3.27. The zero-order valence-corrected chi connectivity index (χ0v) is 11.9. The molecule has 2 N–H and O–H groups in total. The molecule has 0 spiro atoms. The Kier molecular flexibility index (Phi) is 4.68. The van der Waals surface area contributed by atoms with Crippen LogP contribution in [0.4, 0.5) is 14.5 Å². The van der Waals surface area contributed by atoms with Crippen LogP contribution in [0.2, 0.25) is 0 Å². The topological polar surface area (TPSA) is 49.3 Å². The summed E-state index contributed by atoms with van der Waals surface area (Å²) in [5, 5.41) is 12.5. The van der Waals surface area contributed by atoms with E-state index in [0.29, 0.717) is 5.56 Å². The summed E-state index contributed by atoms with van der Waals surface area (Å²) in [5.41, 5.74) is 0.160. The summed E-state index contributed by atoms with van der Waals surface area (Å²) in [6, 6.07) is 3.99. The summed E-state index contributed by atoms with van der Waals surface area (Å²) in [6.07, 6.45) is 0. The Hall–Kier alpha value is -2.23. The minimum absolute atomic E-state index is 0.233. The van der Waals surface area contributed by atoms with E-state index in [-0.39, 0.29) is 17.0 Å². The maximum Gasteiger partial charge on any atom is 0.267 e. The largest absolute Gasteiger partial charge is 0.384 e. The van der Waals surface area contributed by atoms with Gasteiger partial charge in [0.25, 0.3) is 5.91 Å². The molecule has 0 saturated carbocycles. The van der Waals surface area contributed by atoms with Crippen molar-refractivity contribution in [1.29, 1.82) is 0 Å². The van der Waals surface area contributed by atoms with E-state index in [2.05, 4.69) is 17.2 Å². The molecule has 0 aliphatic carbocycles. The average molecular weight is 307 g/mol. The van der Waals surface area contributed by atoms with Crippen molar-refractivity contribution in [1.82, 2.24) is 0 Å². The number of benzene rings is 1. The fourth-order valence-corrected chi connectivity index (χ4v) is 2.40. The molecule has 0 radical (unpaired) electrons. The smallest absolute Gasteiger partial charge is 0.267 e. The molecule has 1 aromatic heterocycles. The molecule has 1 amide bonds. The summed E-state index contributed by atoms with van der Waals surface area (Å²) >= 11 is 1.10. The molecule has 0 unspecified atom stereocenters. The number of aryl methyl sites for hydroxylation is 1. The lowest BCUT2D eigenvalue weighted by Crippen LogP contribution is -2.14. The first-order valence-corrected chi connectivity index (χ1v) is 6.85. The zero-order valence-electron chi connectivity index (χ0n) is 11.0. The van der Waals surface area contributed by atoms with Gasteiger partial charge in [-0.05, 0) is 30.0 Å². The number of halogens is 2. The number of carbonyl (C=O) groups excluding carboxylic acids is 1. The number of aliphatic hydroxyl groups is 1. The van der Waals surface area contributed by atoms with Crippen LogP contribution in [-0.2, 0) is 0 Å². The molecule has 0 aliphatic rings. The van der Waals surface area contributed by atoms with Gasteiger partial charge in [0.2, 0.25) is 0 Å². The average Bonchev–Trinajstić information content (AvgIpc) is 2.93. The van der Waals surface area contributed by atoms with E-state index >= 15 is 0 Å². The molecule has 0 aliphatic heterocycles. The number of amides is 1. The van der Waals surface area contributed by atoms with E-state index in [1.165, 1.54) is 13.0 Å². The van der Waals surface area contributed by atoms with E-state index in [0.717, 1.165) is 17.4 Å². The highest BCUT2D eigenvalue weighted by atomic mass is 32.1. The van der Waals surface area contributed by atoms with Gasteiger partial charge in [0.05, 0.1) is 0 Å². The second-order valence-electron chi connectivity index (χ2n) is 4.13. The van der Waals surface area contributed by atoms with Gasteiger partial charge in [-0.2, -0.15) is 0 Å². The Morgan fingerprint density at radius 1 is 1.38 bits per heavy atom. The third-order valence-electron chi connectivity index (χ3n) is 2.70. The van der Waals surface area contributed by atoms with Crippen molar-refractivity contribution in [2.75, 3.05) is 11.9 Å². The van der Waals surface area contributed by atoms with Crippen LogP contribution in [0.25, 0.3) is 0 Å². The van der Waals surface area contributed by atoms with E-state index in [9.17, 15) is 13.6 Å². The standard InChI is InChI=1S/C15H11F2NO2S/c1-9-4-5-11(16)13(12(9)17)18-15(20)14-10(3-2-7-19)6-8-21-14/h4-6,8,19H,7H2,1H3,(H,18,20). The lowest BCUT2D eigenvalue weighted by atomic mass is 10.2. The van der Waals surface area contributed by atoms with Crippen molar-refractivity contribution in [3.8, 4) is 11.8 Å². The van der Waals surface area contributed by atoms with Crippen LogP contribution >= 0.6 is 11.3 Å². The van der Waals surface area contributed by atoms with Gasteiger partial charge in [0, 0.05) is 5.56 Å². The van der Waals surface area contributed by atoms with Crippen molar-refractivity contribution in [3.63, 3.8) is 0 Å². The highest BCUT2D eigenvalue weighted by Crippen LogP contribution is 2.24. The van der Waals surface area contributed by atoms with Crippen LogP contribution in [0.1, 0.15) is 20.8 Å². The SMILES string of the molecule is Cc1ccc(F)c(NC(=O)c2sccc2C#CCO)c1F. The van der Waals surface area contributed by atoms with Gasteiger partial charge in [-0.3, -0.25) is 4.79 Å². The maximum atomic E-state index is 13.9. The second kappa shape index (κ2) is 6.48. The van der Waals surface area contributed by atoms with E-state index in [1.54, 1.807) is 11.4 Å². The van der Waals surface area contributed by atoms with Gasteiger partial charge < -0.3 is 10.4 Å². The van der Waals surface area contributed by atoms with Gasteiger partial charge in [-0.15, -0.1) is 11.3 Å². The van der Waals surface area contributed by atoms with Crippen LogP contribution < -0.4 is 5.32 Å². The number of thiophene rings is 1. The van der Waals surface area contributed by atoms with Gasteiger partial charge in [0.1, 0.15) is 23.0 Å². The third-order valence-corrected chi connectivity index (χ3v) is 3.61. The van der Waals surface area contributed by atoms with Crippen LogP contribution in [0.3, 0.4) is 0 Å². The molecule has 2 rings (SSSR count). The summed E-state index contributed by atoms with van der Waals surface area (Å²) < 4.78 is 27.5. The van der Waals surface area contributed by atoms with Crippen LogP contribution in [-0.4, -0.2) is 17.6 Å². The van der Waals surface area contributed by atoms with Gasteiger partial charge >= 0.3 is 0 Å². The molecule has 0 atom stereocenters. The second-order valence-corrected chi connectivity index (χ2v) is 5.05. The molecule has 0 saturated heterocycles. The Balaban J connectivity index is 2.31. The summed E-state index contributed by atoms with van der Waals surface area (Å²) in [6.45, 7) is 1.14. The fraction of sp³-hybridized carbons (Fsp3) is 0.133. The van der Waals surface area contributed by atoms with Gasteiger partial charge in [-0.1, -0.05) is 17.9 Å². The highest BCUT2D eigenvalue weighted by Gasteiger charge is 2.18. The number of hydrogen-bond donors (Lipinski definition) is 2. The van der Waals surface area contributed by atoms with Crippen molar-refractivity contribution < 1.29 is 18.7 Å². The Labute approximate surface area is 124 Å². The zero-order chi connectivity index (χ0) is 15.4.